The van der Waals surface area contributed by atoms with E-state index in [-0.39, 0.29) is 0 Å². The molecule has 0 radical (unpaired) electrons. The number of hydrogen-bond donors (Lipinski definition) is 1. The molecule has 0 amide bonds. The molecule has 100 valence electrons. The van der Waals surface area contributed by atoms with Crippen LogP contribution in [0.5, 0.6) is 0 Å². The quantitative estimate of drug-likeness (QED) is 0.885. The Hall–Kier alpha value is -0.930. The second-order valence-electron chi connectivity index (χ2n) is 5.62. The van der Waals surface area contributed by atoms with E-state index in [1.54, 1.807) is 0 Å². The van der Waals surface area contributed by atoms with Crippen LogP contribution in [0, 0.1) is 5.92 Å². The molecule has 3 heteroatoms. The molecule has 0 aromatic carbocycles. The van der Waals surface area contributed by atoms with Gasteiger partial charge in [0.15, 0.2) is 0 Å². The van der Waals surface area contributed by atoms with Crippen molar-refractivity contribution >= 4 is 0 Å². The number of rotatable bonds is 4. The second-order valence-corrected chi connectivity index (χ2v) is 5.62. The van der Waals surface area contributed by atoms with Crippen molar-refractivity contribution < 1.29 is 0 Å². The molecule has 1 aromatic heterocycles. The third-order valence-corrected chi connectivity index (χ3v) is 3.91. The molecule has 1 aromatic rings. The molecule has 0 bridgehead atoms. The summed E-state index contributed by atoms with van der Waals surface area (Å²) in [5.74, 6) is 0.687. The van der Waals surface area contributed by atoms with Gasteiger partial charge in [0.2, 0.25) is 0 Å². The van der Waals surface area contributed by atoms with Crippen LogP contribution in [0.4, 0.5) is 0 Å². The van der Waals surface area contributed by atoms with Crippen LogP contribution in [0.2, 0.25) is 0 Å². The molecule has 1 aliphatic rings. The van der Waals surface area contributed by atoms with E-state index >= 15 is 0 Å². The van der Waals surface area contributed by atoms with Gasteiger partial charge in [0.05, 0.1) is 0 Å². The highest BCUT2D eigenvalue weighted by Gasteiger charge is 2.28. The molecule has 18 heavy (non-hydrogen) atoms. The Balaban J connectivity index is 2.05. The fourth-order valence-electron chi connectivity index (χ4n) is 2.74. The highest BCUT2D eigenvalue weighted by molar-refractivity contribution is 5.09. The van der Waals surface area contributed by atoms with Crippen LogP contribution in [0.3, 0.4) is 0 Å². The number of pyridine rings is 1. The van der Waals surface area contributed by atoms with Crippen molar-refractivity contribution in [1.29, 1.82) is 0 Å². The maximum absolute atomic E-state index is 4.22. The molecule has 1 N–H and O–H groups in total. The fourth-order valence-corrected chi connectivity index (χ4v) is 2.74. The lowest BCUT2D eigenvalue weighted by Crippen LogP contribution is -2.57. The van der Waals surface area contributed by atoms with Crippen LogP contribution in [0.1, 0.15) is 32.8 Å². The summed E-state index contributed by atoms with van der Waals surface area (Å²) in [6.07, 6.45) is 5.03. The molecule has 1 aliphatic heterocycles. The summed E-state index contributed by atoms with van der Waals surface area (Å²) in [4.78, 5) is 6.83. The normalized spacial score (nSPS) is 25.6. The second kappa shape index (κ2) is 6.30. The van der Waals surface area contributed by atoms with Gasteiger partial charge in [0, 0.05) is 44.1 Å². The van der Waals surface area contributed by atoms with E-state index in [9.17, 15) is 0 Å². The van der Waals surface area contributed by atoms with E-state index in [2.05, 4.69) is 42.0 Å². The molecular weight excluding hydrogens is 222 g/mol. The Labute approximate surface area is 111 Å². The summed E-state index contributed by atoms with van der Waals surface area (Å²) in [6.45, 7) is 10.2. The average Bonchev–Trinajstić information content (AvgIpc) is 2.39. The molecule has 0 saturated carbocycles. The van der Waals surface area contributed by atoms with Crippen molar-refractivity contribution in [1.82, 2.24) is 15.2 Å². The topological polar surface area (TPSA) is 28.2 Å². The standard InChI is InChI=1S/C15H25N3/c1-4-14-11-18(15(9-17-14)12(2)3)10-13-6-5-7-16-8-13/h5-8,12,14-15,17H,4,9-11H2,1-3H3. The molecule has 1 saturated heterocycles. The van der Waals surface area contributed by atoms with Gasteiger partial charge in [-0.15, -0.1) is 0 Å². The summed E-state index contributed by atoms with van der Waals surface area (Å²) in [5.41, 5.74) is 1.32. The van der Waals surface area contributed by atoms with Gasteiger partial charge in [0.1, 0.15) is 0 Å². The lowest BCUT2D eigenvalue weighted by atomic mass is 9.97. The van der Waals surface area contributed by atoms with Crippen molar-refractivity contribution in [3.05, 3.63) is 30.1 Å². The molecule has 0 spiro atoms. The number of piperazine rings is 1. The third-order valence-electron chi connectivity index (χ3n) is 3.91. The first-order chi connectivity index (χ1) is 8.70. The summed E-state index contributed by atoms with van der Waals surface area (Å²) < 4.78 is 0. The molecule has 2 heterocycles. The van der Waals surface area contributed by atoms with Crippen molar-refractivity contribution in [2.75, 3.05) is 13.1 Å². The zero-order chi connectivity index (χ0) is 13.0. The molecule has 3 nitrogen and oxygen atoms in total. The average molecular weight is 247 g/mol. The molecule has 2 rings (SSSR count). The first-order valence-corrected chi connectivity index (χ1v) is 7.07. The Morgan fingerprint density at radius 3 is 2.94 bits per heavy atom. The minimum Gasteiger partial charge on any atom is -0.311 e. The van der Waals surface area contributed by atoms with Gasteiger partial charge in [-0.2, -0.15) is 0 Å². The lowest BCUT2D eigenvalue weighted by Gasteiger charge is -2.42. The van der Waals surface area contributed by atoms with Crippen LogP contribution in [0.25, 0.3) is 0 Å². The Morgan fingerprint density at radius 2 is 2.33 bits per heavy atom. The van der Waals surface area contributed by atoms with Crippen molar-refractivity contribution in [3.63, 3.8) is 0 Å². The smallest absolute Gasteiger partial charge is 0.0312 e. The van der Waals surface area contributed by atoms with E-state index in [1.807, 2.05) is 18.5 Å². The monoisotopic (exact) mass is 247 g/mol. The maximum Gasteiger partial charge on any atom is 0.0312 e. The van der Waals surface area contributed by atoms with Gasteiger partial charge in [-0.05, 0) is 24.0 Å². The first kappa shape index (κ1) is 13.5. The number of hydrogen-bond acceptors (Lipinski definition) is 3. The number of nitrogens with one attached hydrogen (secondary N) is 1. The van der Waals surface area contributed by atoms with Crippen LogP contribution < -0.4 is 5.32 Å². The van der Waals surface area contributed by atoms with E-state index in [0.717, 1.165) is 19.6 Å². The molecule has 2 atom stereocenters. The zero-order valence-corrected chi connectivity index (χ0v) is 11.8. The Bertz CT molecular complexity index is 350. The largest absolute Gasteiger partial charge is 0.311 e. The van der Waals surface area contributed by atoms with Crippen LogP contribution in [0.15, 0.2) is 24.5 Å². The van der Waals surface area contributed by atoms with E-state index < -0.39 is 0 Å². The predicted molar refractivity (Wildman–Crippen MR) is 75.4 cm³/mol. The van der Waals surface area contributed by atoms with Crippen molar-refractivity contribution in [3.8, 4) is 0 Å². The zero-order valence-electron chi connectivity index (χ0n) is 11.8. The van der Waals surface area contributed by atoms with E-state index in [4.69, 9.17) is 0 Å². The fraction of sp³-hybridized carbons (Fsp3) is 0.667. The summed E-state index contributed by atoms with van der Waals surface area (Å²) in [7, 11) is 0. The Morgan fingerprint density at radius 1 is 1.50 bits per heavy atom. The Kier molecular flexibility index (Phi) is 4.72. The number of nitrogens with zero attached hydrogens (tertiary/aromatic N) is 2. The number of aromatic nitrogens is 1. The van der Waals surface area contributed by atoms with Gasteiger partial charge in [-0.25, -0.2) is 0 Å². The van der Waals surface area contributed by atoms with Gasteiger partial charge in [-0.3, -0.25) is 9.88 Å². The summed E-state index contributed by atoms with van der Waals surface area (Å²) >= 11 is 0. The summed E-state index contributed by atoms with van der Waals surface area (Å²) in [5, 5.41) is 3.66. The molecule has 1 fully saturated rings. The van der Waals surface area contributed by atoms with Gasteiger partial charge < -0.3 is 5.32 Å². The van der Waals surface area contributed by atoms with Crippen molar-refractivity contribution in [2.45, 2.75) is 45.8 Å². The van der Waals surface area contributed by atoms with Crippen LogP contribution in [-0.2, 0) is 6.54 Å². The van der Waals surface area contributed by atoms with Crippen molar-refractivity contribution in [2.24, 2.45) is 5.92 Å². The third kappa shape index (κ3) is 3.30. The van der Waals surface area contributed by atoms with Crippen LogP contribution >= 0.6 is 0 Å². The summed E-state index contributed by atoms with van der Waals surface area (Å²) in [6, 6.07) is 5.47. The lowest BCUT2D eigenvalue weighted by molar-refractivity contribution is 0.0899. The molecule has 0 aliphatic carbocycles. The van der Waals surface area contributed by atoms with E-state index in [1.165, 1.54) is 12.0 Å². The molecule has 2 unspecified atom stereocenters. The highest BCUT2D eigenvalue weighted by atomic mass is 15.2. The first-order valence-electron chi connectivity index (χ1n) is 7.07. The van der Waals surface area contributed by atoms with E-state index in [0.29, 0.717) is 18.0 Å². The van der Waals surface area contributed by atoms with Gasteiger partial charge >= 0.3 is 0 Å². The molecular formula is C15H25N3. The SMILES string of the molecule is CCC1CN(Cc2cccnc2)C(C(C)C)CN1. The van der Waals surface area contributed by atoms with Gasteiger partial charge in [0.25, 0.3) is 0 Å². The maximum atomic E-state index is 4.22. The van der Waals surface area contributed by atoms with Crippen LogP contribution in [-0.4, -0.2) is 35.1 Å². The minimum atomic E-state index is 0.632. The highest BCUT2D eigenvalue weighted by Crippen LogP contribution is 2.18. The minimum absolute atomic E-state index is 0.632. The van der Waals surface area contributed by atoms with Gasteiger partial charge in [-0.1, -0.05) is 26.8 Å². The predicted octanol–water partition coefficient (Wildman–Crippen LogP) is 2.29.